The van der Waals surface area contributed by atoms with E-state index in [9.17, 15) is 0 Å². The van der Waals surface area contributed by atoms with Crippen LogP contribution in [0.4, 0.5) is 0 Å². The van der Waals surface area contributed by atoms with Gasteiger partial charge < -0.3 is 4.90 Å². The first kappa shape index (κ1) is 7.32. The molecular formula is C8H14N2. The lowest BCUT2D eigenvalue weighted by atomic mass is 10.2. The molecule has 0 saturated carbocycles. The van der Waals surface area contributed by atoms with Crippen molar-refractivity contribution in [3.63, 3.8) is 0 Å². The molecule has 0 amide bonds. The van der Waals surface area contributed by atoms with Gasteiger partial charge in [-0.25, -0.2) is 0 Å². The fourth-order valence-corrected chi connectivity index (χ4v) is 1.10. The summed E-state index contributed by atoms with van der Waals surface area (Å²) in [6.07, 6.45) is 2.07. The van der Waals surface area contributed by atoms with Crippen molar-refractivity contribution in [2.24, 2.45) is 4.99 Å². The van der Waals surface area contributed by atoms with Crippen LogP contribution in [0.3, 0.4) is 0 Å². The van der Waals surface area contributed by atoms with Crippen LogP contribution >= 0.6 is 0 Å². The maximum absolute atomic E-state index is 4.35. The normalized spacial score (nSPS) is 26.0. The summed E-state index contributed by atoms with van der Waals surface area (Å²) >= 11 is 0. The summed E-state index contributed by atoms with van der Waals surface area (Å²) in [4.78, 5) is 6.53. The predicted molar refractivity (Wildman–Crippen MR) is 44.1 cm³/mol. The molecule has 1 aliphatic heterocycles. The van der Waals surface area contributed by atoms with E-state index in [1.165, 1.54) is 5.71 Å². The highest BCUT2D eigenvalue weighted by Gasteiger charge is 2.12. The summed E-state index contributed by atoms with van der Waals surface area (Å²) in [6.45, 7) is 6.24. The van der Waals surface area contributed by atoms with Crippen molar-refractivity contribution < 1.29 is 0 Å². The molecule has 0 spiro atoms. The number of aliphatic imine (C=N–C) groups is 1. The molecule has 0 bridgehead atoms. The Morgan fingerprint density at radius 1 is 1.50 bits per heavy atom. The van der Waals surface area contributed by atoms with Gasteiger partial charge in [-0.05, 0) is 20.8 Å². The van der Waals surface area contributed by atoms with E-state index in [4.69, 9.17) is 0 Å². The van der Waals surface area contributed by atoms with Gasteiger partial charge in [0.2, 0.25) is 0 Å². The van der Waals surface area contributed by atoms with E-state index in [1.807, 2.05) is 6.92 Å². The van der Waals surface area contributed by atoms with Gasteiger partial charge in [0.05, 0.1) is 11.7 Å². The molecule has 0 saturated heterocycles. The van der Waals surface area contributed by atoms with Crippen LogP contribution in [0.5, 0.6) is 0 Å². The standard InChI is InChI=1S/C8H14N2/c1-6-5-10(4)8(3)7(2)9-6/h5,8H,1-4H3. The first-order valence-electron chi connectivity index (χ1n) is 3.57. The third-order valence-electron chi connectivity index (χ3n) is 1.96. The summed E-state index contributed by atoms with van der Waals surface area (Å²) in [7, 11) is 2.08. The maximum atomic E-state index is 4.35. The zero-order valence-electron chi connectivity index (χ0n) is 7.05. The second-order valence-electron chi connectivity index (χ2n) is 2.87. The molecule has 2 nitrogen and oxygen atoms in total. The highest BCUT2D eigenvalue weighted by Crippen LogP contribution is 2.10. The van der Waals surface area contributed by atoms with Crippen LogP contribution in [0.1, 0.15) is 20.8 Å². The van der Waals surface area contributed by atoms with Gasteiger partial charge in [0.1, 0.15) is 0 Å². The molecule has 1 aliphatic rings. The second-order valence-corrected chi connectivity index (χ2v) is 2.87. The van der Waals surface area contributed by atoms with Gasteiger partial charge in [-0.1, -0.05) is 0 Å². The highest BCUT2D eigenvalue weighted by molar-refractivity contribution is 5.88. The van der Waals surface area contributed by atoms with Crippen LogP contribution in [-0.2, 0) is 0 Å². The maximum Gasteiger partial charge on any atom is 0.0635 e. The minimum absolute atomic E-state index is 0.462. The topological polar surface area (TPSA) is 15.6 Å². The molecule has 1 atom stereocenters. The van der Waals surface area contributed by atoms with Gasteiger partial charge in [0.25, 0.3) is 0 Å². The average molecular weight is 138 g/mol. The number of rotatable bonds is 0. The van der Waals surface area contributed by atoms with Crippen molar-refractivity contribution in [1.82, 2.24) is 4.90 Å². The molecule has 0 aromatic carbocycles. The lowest BCUT2D eigenvalue weighted by Crippen LogP contribution is -2.33. The number of hydrogen-bond donors (Lipinski definition) is 0. The molecule has 1 unspecified atom stereocenters. The molecule has 0 fully saturated rings. The molecule has 56 valence electrons. The Balaban J connectivity index is 2.85. The van der Waals surface area contributed by atoms with Crippen LogP contribution < -0.4 is 0 Å². The Labute approximate surface area is 62.3 Å². The minimum atomic E-state index is 0.462. The Morgan fingerprint density at radius 2 is 2.10 bits per heavy atom. The molecule has 2 heteroatoms. The van der Waals surface area contributed by atoms with Crippen molar-refractivity contribution in [3.8, 4) is 0 Å². The average Bonchev–Trinajstić information content (AvgIpc) is 1.82. The lowest BCUT2D eigenvalue weighted by Gasteiger charge is -2.27. The molecule has 1 heterocycles. The van der Waals surface area contributed by atoms with Crippen LogP contribution in [0.25, 0.3) is 0 Å². The van der Waals surface area contributed by atoms with Gasteiger partial charge in [0, 0.05) is 19.0 Å². The molecule has 10 heavy (non-hydrogen) atoms. The Morgan fingerprint density at radius 3 is 2.60 bits per heavy atom. The number of hydrogen-bond acceptors (Lipinski definition) is 2. The lowest BCUT2D eigenvalue weighted by molar-refractivity contribution is 0.415. The summed E-state index contributed by atoms with van der Waals surface area (Å²) in [5.41, 5.74) is 2.29. The summed E-state index contributed by atoms with van der Waals surface area (Å²) in [5, 5.41) is 0. The zero-order chi connectivity index (χ0) is 7.72. The Kier molecular flexibility index (Phi) is 1.79. The third-order valence-corrected chi connectivity index (χ3v) is 1.96. The Bertz CT molecular complexity index is 191. The van der Waals surface area contributed by atoms with E-state index in [0.29, 0.717) is 6.04 Å². The van der Waals surface area contributed by atoms with Crippen molar-refractivity contribution in [3.05, 3.63) is 11.9 Å². The van der Waals surface area contributed by atoms with Crippen molar-refractivity contribution in [1.29, 1.82) is 0 Å². The first-order chi connectivity index (χ1) is 4.61. The van der Waals surface area contributed by atoms with Gasteiger partial charge in [-0.2, -0.15) is 0 Å². The van der Waals surface area contributed by atoms with Gasteiger partial charge >= 0.3 is 0 Å². The fraction of sp³-hybridized carbons (Fsp3) is 0.625. The van der Waals surface area contributed by atoms with E-state index in [2.05, 4.69) is 37.0 Å². The van der Waals surface area contributed by atoms with Gasteiger partial charge in [0.15, 0.2) is 0 Å². The van der Waals surface area contributed by atoms with E-state index < -0.39 is 0 Å². The van der Waals surface area contributed by atoms with Gasteiger partial charge in [-0.3, -0.25) is 4.99 Å². The van der Waals surface area contributed by atoms with Crippen LogP contribution in [-0.4, -0.2) is 23.7 Å². The summed E-state index contributed by atoms with van der Waals surface area (Å²) in [5.74, 6) is 0. The second kappa shape index (κ2) is 2.45. The highest BCUT2D eigenvalue weighted by atomic mass is 15.1. The molecule has 0 radical (unpaired) electrons. The van der Waals surface area contributed by atoms with Crippen molar-refractivity contribution in [2.45, 2.75) is 26.8 Å². The van der Waals surface area contributed by atoms with Crippen molar-refractivity contribution >= 4 is 5.71 Å². The van der Waals surface area contributed by atoms with E-state index in [-0.39, 0.29) is 0 Å². The number of allylic oxidation sites excluding steroid dienone is 1. The summed E-state index contributed by atoms with van der Waals surface area (Å²) in [6, 6.07) is 0.462. The fourth-order valence-electron chi connectivity index (χ4n) is 1.10. The molecule has 0 aromatic heterocycles. The largest absolute Gasteiger partial charge is 0.371 e. The molecule has 0 aliphatic carbocycles. The van der Waals surface area contributed by atoms with Crippen LogP contribution in [0, 0.1) is 0 Å². The Hall–Kier alpha value is -0.790. The van der Waals surface area contributed by atoms with Crippen molar-refractivity contribution in [2.75, 3.05) is 7.05 Å². The SMILES string of the molecule is CC1=CN(C)C(C)C(C)=N1. The molecule has 1 rings (SSSR count). The van der Waals surface area contributed by atoms with E-state index in [0.717, 1.165) is 5.70 Å². The smallest absolute Gasteiger partial charge is 0.0635 e. The third kappa shape index (κ3) is 1.20. The van der Waals surface area contributed by atoms with Crippen LogP contribution in [0.2, 0.25) is 0 Å². The quantitative estimate of drug-likeness (QED) is 0.497. The zero-order valence-corrected chi connectivity index (χ0v) is 7.05. The number of nitrogens with zero attached hydrogens (tertiary/aromatic N) is 2. The van der Waals surface area contributed by atoms with Crippen LogP contribution in [0.15, 0.2) is 16.9 Å². The van der Waals surface area contributed by atoms with E-state index in [1.54, 1.807) is 0 Å². The molecule has 0 N–H and O–H groups in total. The predicted octanol–water partition coefficient (Wildman–Crippen LogP) is 1.64. The molecule has 0 aromatic rings. The summed E-state index contributed by atoms with van der Waals surface area (Å²) < 4.78 is 0. The first-order valence-corrected chi connectivity index (χ1v) is 3.57. The van der Waals surface area contributed by atoms with E-state index >= 15 is 0 Å². The van der Waals surface area contributed by atoms with Gasteiger partial charge in [-0.15, -0.1) is 0 Å². The monoisotopic (exact) mass is 138 g/mol. The molecular weight excluding hydrogens is 124 g/mol. The minimum Gasteiger partial charge on any atom is -0.371 e.